The Morgan fingerprint density at radius 1 is 0.333 bits per heavy atom. The second-order valence-corrected chi connectivity index (χ2v) is 16.6. The van der Waals surface area contributed by atoms with E-state index in [1.165, 1.54) is 0 Å². The normalized spacial score (nSPS) is 15.3. The molecule has 27 nitrogen and oxygen atoms in total. The maximum atomic E-state index is 13.9. The maximum absolute atomic E-state index is 13.9. The van der Waals surface area contributed by atoms with Crippen LogP contribution >= 0.6 is 0 Å². The van der Waals surface area contributed by atoms with Gasteiger partial charge in [-0.2, -0.15) is 12.9 Å². The third-order valence-electron chi connectivity index (χ3n) is 7.60. The monoisotopic (exact) mass is 819 g/mol. The number of nitro groups is 6. The fourth-order valence-electron chi connectivity index (χ4n) is 4.96. The quantitative estimate of drug-likeness (QED) is 0.185. The van der Waals surface area contributed by atoms with E-state index in [2.05, 4.69) is 0 Å². The number of sulfonamides is 3. The minimum absolute atomic E-state index is 0.387. The lowest BCUT2D eigenvalue weighted by Gasteiger charge is -2.25. The molecule has 0 bridgehead atoms. The van der Waals surface area contributed by atoms with Crippen molar-refractivity contribution < 1.29 is 54.8 Å². The van der Waals surface area contributed by atoms with Crippen molar-refractivity contribution in [2.24, 2.45) is 0 Å². The molecule has 0 aromatic heterocycles. The number of rotatable bonds is 12. The van der Waals surface area contributed by atoms with Gasteiger partial charge in [-0.05, 0) is 0 Å². The highest BCUT2D eigenvalue weighted by molar-refractivity contribution is 7.90. The van der Waals surface area contributed by atoms with Crippen molar-refractivity contribution in [3.05, 3.63) is 115 Å². The fourth-order valence-corrected chi connectivity index (χ4v) is 9.40. The lowest BCUT2D eigenvalue weighted by Crippen LogP contribution is -2.41. The van der Waals surface area contributed by atoms with Gasteiger partial charge in [0.25, 0.3) is 34.1 Å². The van der Waals surface area contributed by atoms with E-state index in [4.69, 9.17) is 0 Å². The average molecular weight is 820 g/mol. The molecule has 0 aliphatic carbocycles. The Kier molecular flexibility index (Phi) is 11.3. The summed E-state index contributed by atoms with van der Waals surface area (Å²) in [6.45, 7) is -5.55. The number of non-ortho nitro benzene ring substituents is 6. The van der Waals surface area contributed by atoms with Crippen LogP contribution in [0, 0.1) is 60.7 Å². The highest BCUT2D eigenvalue weighted by Gasteiger charge is 2.37. The Balaban J connectivity index is 1.91. The Morgan fingerprint density at radius 2 is 0.481 bits per heavy atom. The van der Waals surface area contributed by atoms with Crippen LogP contribution in [0.25, 0.3) is 0 Å². The van der Waals surface area contributed by atoms with Crippen molar-refractivity contribution in [3.63, 3.8) is 0 Å². The molecule has 0 atom stereocenters. The van der Waals surface area contributed by atoms with Crippen molar-refractivity contribution in [3.8, 4) is 0 Å². The van der Waals surface area contributed by atoms with E-state index >= 15 is 0 Å². The second-order valence-electron chi connectivity index (χ2n) is 10.8. The topological polar surface area (TPSA) is 371 Å². The van der Waals surface area contributed by atoms with Gasteiger partial charge in [0.2, 0.25) is 30.1 Å². The lowest BCUT2D eigenvalue weighted by molar-refractivity contribution is -0.394. The zero-order chi connectivity index (χ0) is 40.5. The van der Waals surface area contributed by atoms with E-state index < -0.39 is 148 Å². The predicted molar refractivity (Wildman–Crippen MR) is 176 cm³/mol. The zero-order valence-electron chi connectivity index (χ0n) is 26.5. The number of hydrogen-bond donors (Lipinski definition) is 0. The van der Waals surface area contributed by atoms with E-state index in [1.807, 2.05) is 0 Å². The summed E-state index contributed by atoms with van der Waals surface area (Å²) in [6, 6.07) is 3.92. The van der Waals surface area contributed by atoms with Gasteiger partial charge in [0.1, 0.15) is 0 Å². The highest BCUT2D eigenvalue weighted by Crippen LogP contribution is 2.32. The first kappa shape index (κ1) is 40.6. The van der Waals surface area contributed by atoms with E-state index in [-0.39, 0.29) is 0 Å². The third-order valence-corrected chi connectivity index (χ3v) is 13.2. The number of nitro benzene ring substituents is 6. The van der Waals surface area contributed by atoms with Crippen LogP contribution in [0.5, 0.6) is 0 Å². The molecule has 1 fully saturated rings. The first-order chi connectivity index (χ1) is 25.0. The van der Waals surface area contributed by atoms with E-state index in [9.17, 15) is 85.9 Å². The molecule has 288 valence electrons. The van der Waals surface area contributed by atoms with Gasteiger partial charge in [0.05, 0.1) is 62.4 Å². The van der Waals surface area contributed by atoms with E-state index in [0.717, 1.165) is 0 Å². The van der Waals surface area contributed by atoms with Crippen LogP contribution in [0.4, 0.5) is 34.1 Å². The molecule has 1 aliphatic rings. The zero-order valence-corrected chi connectivity index (χ0v) is 29.0. The van der Waals surface area contributed by atoms with Gasteiger partial charge in [0.15, 0.2) is 0 Å². The summed E-state index contributed by atoms with van der Waals surface area (Å²) in [5.74, 6) is 0. The molecule has 0 amide bonds. The van der Waals surface area contributed by atoms with Gasteiger partial charge in [-0.15, -0.1) is 0 Å². The van der Waals surface area contributed by atoms with Crippen molar-refractivity contribution >= 4 is 64.2 Å². The summed E-state index contributed by atoms with van der Waals surface area (Å²) in [7, 11) is -15.4. The molecule has 30 heteroatoms. The van der Waals surface area contributed by atoms with Crippen molar-refractivity contribution in [2.75, 3.05) is 39.3 Å². The standard InChI is InChI=1S/C24H21N9O18S3/c34-28(35)16-7-17(29(36)37)11-22(10-16)52(46,47)25-1-2-26(53(48,49)23-12-18(30(38)39)8-19(13-23)31(40)41)5-6-27(4-3-25)54(50,51)24-14-20(32(42)43)9-21(15-24)33(44)45/h7-15H,1-6H2. The van der Waals surface area contributed by atoms with Crippen LogP contribution in [0.3, 0.4) is 0 Å². The summed E-state index contributed by atoms with van der Waals surface area (Å²) in [4.78, 5) is 58.8. The smallest absolute Gasteiger partial charge is 0.258 e. The molecule has 3 aromatic rings. The highest BCUT2D eigenvalue weighted by atomic mass is 32.2. The minimum Gasteiger partial charge on any atom is -0.258 e. The van der Waals surface area contributed by atoms with Crippen molar-refractivity contribution in [1.82, 2.24) is 12.9 Å². The summed E-state index contributed by atoms with van der Waals surface area (Å²) < 4.78 is 84.5. The minimum atomic E-state index is -5.14. The Hall–Kier alpha value is -6.21. The molecular weight excluding hydrogens is 799 g/mol. The molecule has 3 aromatic carbocycles. The summed E-state index contributed by atoms with van der Waals surface area (Å²) >= 11 is 0. The van der Waals surface area contributed by atoms with Crippen LogP contribution in [-0.2, 0) is 30.1 Å². The third kappa shape index (κ3) is 8.37. The molecule has 0 unspecified atom stereocenters. The molecule has 0 spiro atoms. The Bertz CT molecular complexity index is 2080. The van der Waals surface area contributed by atoms with Gasteiger partial charge in [-0.3, -0.25) is 60.7 Å². The molecule has 4 rings (SSSR count). The Morgan fingerprint density at radius 3 is 0.611 bits per heavy atom. The largest absolute Gasteiger partial charge is 0.277 e. The van der Waals surface area contributed by atoms with Gasteiger partial charge in [0, 0.05) is 75.7 Å². The van der Waals surface area contributed by atoms with Crippen LogP contribution in [0.15, 0.2) is 69.3 Å². The first-order valence-electron chi connectivity index (χ1n) is 14.3. The molecule has 0 N–H and O–H groups in total. The molecule has 1 heterocycles. The second kappa shape index (κ2) is 15.0. The first-order valence-corrected chi connectivity index (χ1v) is 18.6. The molecule has 54 heavy (non-hydrogen) atoms. The van der Waals surface area contributed by atoms with E-state index in [0.29, 0.717) is 67.5 Å². The van der Waals surface area contributed by atoms with Crippen LogP contribution in [-0.4, -0.2) is 107 Å². The summed E-state index contributed by atoms with van der Waals surface area (Å²) in [5.41, 5.74) is -6.33. The number of hydrogen-bond acceptors (Lipinski definition) is 18. The maximum Gasteiger partial charge on any atom is 0.277 e. The fraction of sp³-hybridized carbons (Fsp3) is 0.250. The molecule has 1 aliphatic heterocycles. The van der Waals surface area contributed by atoms with Crippen molar-refractivity contribution in [2.45, 2.75) is 14.7 Å². The van der Waals surface area contributed by atoms with E-state index in [1.54, 1.807) is 0 Å². The lowest BCUT2D eigenvalue weighted by atomic mass is 10.3. The molecular formula is C24H21N9O18S3. The SMILES string of the molecule is O=[N+]([O-])c1cc([N+](=O)[O-])cc(S(=O)(=O)N2CCN(S(=O)(=O)c3cc([N+](=O)[O-])cc([N+](=O)[O-])c3)CCN(S(=O)(=O)c3cc([N+](=O)[O-])cc([N+](=O)[O-])c3)CC2)c1. The van der Waals surface area contributed by atoms with Crippen molar-refractivity contribution in [1.29, 1.82) is 0 Å². The Labute approximate surface area is 300 Å². The number of nitrogens with zero attached hydrogens (tertiary/aromatic N) is 9. The predicted octanol–water partition coefficient (Wildman–Crippen LogP) is 1.52. The van der Waals surface area contributed by atoms with Crippen LogP contribution in [0.2, 0.25) is 0 Å². The number of benzene rings is 3. The van der Waals surface area contributed by atoms with Gasteiger partial charge in [-0.1, -0.05) is 0 Å². The molecule has 0 radical (unpaired) electrons. The summed E-state index contributed by atoms with van der Waals surface area (Å²) in [6.07, 6.45) is 0. The van der Waals surface area contributed by atoms with Gasteiger partial charge in [-0.25, -0.2) is 25.3 Å². The molecule has 0 saturated carbocycles. The van der Waals surface area contributed by atoms with Crippen LogP contribution < -0.4 is 0 Å². The van der Waals surface area contributed by atoms with Gasteiger partial charge < -0.3 is 0 Å². The summed E-state index contributed by atoms with van der Waals surface area (Å²) in [5, 5.41) is 68.9. The molecule has 1 saturated heterocycles. The van der Waals surface area contributed by atoms with Crippen LogP contribution in [0.1, 0.15) is 0 Å². The average Bonchev–Trinajstić information content (AvgIpc) is 3.22. The van der Waals surface area contributed by atoms with Gasteiger partial charge >= 0.3 is 0 Å².